The third kappa shape index (κ3) is 3.50. The fourth-order valence-electron chi connectivity index (χ4n) is 4.62. The van der Waals surface area contributed by atoms with E-state index in [0.717, 1.165) is 60.2 Å². The lowest BCUT2D eigenvalue weighted by molar-refractivity contribution is -0.119. The Labute approximate surface area is 177 Å². The standard InChI is InChI=1S/C23H26N2O4S/c1-29-18-7-9-20-16(13-18)3-2-4-21(20)24-30(27,28)19-8-10-22-17(14-19)11-12-25(22)23(26)15-5-6-15/h7-10,13-15,21,24H,2-6,11-12H2,1H3/t21-/m0/s1. The van der Waals surface area contributed by atoms with E-state index in [1.165, 1.54) is 0 Å². The first-order chi connectivity index (χ1) is 14.5. The van der Waals surface area contributed by atoms with Crippen LogP contribution in [0.1, 0.15) is 48.4 Å². The molecular formula is C23H26N2O4S. The fourth-order valence-corrected chi connectivity index (χ4v) is 5.92. The summed E-state index contributed by atoms with van der Waals surface area (Å²) in [6, 6.07) is 10.7. The van der Waals surface area contributed by atoms with Gasteiger partial charge in [-0.25, -0.2) is 13.1 Å². The van der Waals surface area contributed by atoms with Gasteiger partial charge in [0.15, 0.2) is 0 Å². The van der Waals surface area contributed by atoms with Crippen LogP contribution in [0.15, 0.2) is 41.3 Å². The molecule has 1 fully saturated rings. The summed E-state index contributed by atoms with van der Waals surface area (Å²) in [5.41, 5.74) is 3.95. The highest BCUT2D eigenvalue weighted by Crippen LogP contribution is 2.38. The number of ether oxygens (including phenoxy) is 1. The molecule has 30 heavy (non-hydrogen) atoms. The van der Waals surface area contributed by atoms with Crippen molar-refractivity contribution in [3.63, 3.8) is 0 Å². The number of carbonyl (C=O) groups excluding carboxylic acids is 1. The lowest BCUT2D eigenvalue weighted by atomic mass is 9.88. The van der Waals surface area contributed by atoms with Gasteiger partial charge < -0.3 is 9.64 Å². The molecule has 0 unspecified atom stereocenters. The van der Waals surface area contributed by atoms with E-state index in [1.54, 1.807) is 25.3 Å². The van der Waals surface area contributed by atoms with Crippen LogP contribution in [0.3, 0.4) is 0 Å². The van der Waals surface area contributed by atoms with Crippen LogP contribution in [-0.4, -0.2) is 28.0 Å². The molecule has 1 aliphatic heterocycles. The van der Waals surface area contributed by atoms with Gasteiger partial charge in [0.25, 0.3) is 0 Å². The number of rotatable bonds is 5. The summed E-state index contributed by atoms with van der Waals surface area (Å²) < 4.78 is 34.5. The van der Waals surface area contributed by atoms with Crippen LogP contribution >= 0.6 is 0 Å². The predicted octanol–water partition coefficient (Wildman–Crippen LogP) is 3.35. The van der Waals surface area contributed by atoms with E-state index < -0.39 is 10.0 Å². The molecule has 0 radical (unpaired) electrons. The van der Waals surface area contributed by atoms with Crippen LogP contribution in [-0.2, 0) is 27.7 Å². The number of carbonyl (C=O) groups is 1. The molecule has 1 N–H and O–H groups in total. The summed E-state index contributed by atoms with van der Waals surface area (Å²) in [5.74, 6) is 1.13. The zero-order valence-electron chi connectivity index (χ0n) is 17.1. The highest BCUT2D eigenvalue weighted by Gasteiger charge is 2.37. The second kappa shape index (κ2) is 7.39. The third-order valence-corrected chi connectivity index (χ3v) is 7.88. The van der Waals surface area contributed by atoms with Gasteiger partial charge in [-0.15, -0.1) is 0 Å². The van der Waals surface area contributed by atoms with E-state index in [4.69, 9.17) is 4.74 Å². The molecular weight excluding hydrogens is 400 g/mol. The lowest BCUT2D eigenvalue weighted by Crippen LogP contribution is -2.31. The molecule has 2 aliphatic carbocycles. The van der Waals surface area contributed by atoms with E-state index in [0.29, 0.717) is 13.0 Å². The van der Waals surface area contributed by atoms with Crippen LogP contribution in [0.4, 0.5) is 5.69 Å². The molecule has 158 valence electrons. The number of anilines is 1. The Morgan fingerprint density at radius 2 is 1.90 bits per heavy atom. The fraction of sp³-hybridized carbons (Fsp3) is 0.435. The number of methoxy groups -OCH3 is 1. The number of sulfonamides is 1. The van der Waals surface area contributed by atoms with Crippen molar-refractivity contribution in [3.05, 3.63) is 53.1 Å². The van der Waals surface area contributed by atoms with Crippen LogP contribution < -0.4 is 14.4 Å². The summed E-state index contributed by atoms with van der Waals surface area (Å²) in [7, 11) is -2.03. The molecule has 2 aromatic carbocycles. The van der Waals surface area contributed by atoms with Crippen molar-refractivity contribution in [3.8, 4) is 5.75 Å². The number of fused-ring (bicyclic) bond motifs is 2. The number of amides is 1. The first kappa shape index (κ1) is 19.6. The van der Waals surface area contributed by atoms with Crippen molar-refractivity contribution >= 4 is 21.6 Å². The van der Waals surface area contributed by atoms with Crippen molar-refractivity contribution in [2.24, 2.45) is 5.92 Å². The molecule has 0 saturated heterocycles. The first-order valence-corrected chi connectivity index (χ1v) is 12.1. The maximum Gasteiger partial charge on any atom is 0.241 e. The Kier molecular flexibility index (Phi) is 4.82. The largest absolute Gasteiger partial charge is 0.497 e. The molecule has 3 aliphatic rings. The van der Waals surface area contributed by atoms with E-state index in [2.05, 4.69) is 4.72 Å². The summed E-state index contributed by atoms with van der Waals surface area (Å²) >= 11 is 0. The summed E-state index contributed by atoms with van der Waals surface area (Å²) in [6.07, 6.45) is 5.26. The van der Waals surface area contributed by atoms with E-state index >= 15 is 0 Å². The number of hydrogen-bond acceptors (Lipinski definition) is 4. The average molecular weight is 427 g/mol. The molecule has 1 heterocycles. The molecule has 0 spiro atoms. The number of nitrogens with zero attached hydrogens (tertiary/aromatic N) is 1. The van der Waals surface area contributed by atoms with Crippen molar-refractivity contribution in [1.29, 1.82) is 0 Å². The van der Waals surface area contributed by atoms with Crippen LogP contribution in [0.2, 0.25) is 0 Å². The van der Waals surface area contributed by atoms with Gasteiger partial charge in [-0.3, -0.25) is 4.79 Å². The van der Waals surface area contributed by atoms with Crippen molar-refractivity contribution in [2.45, 2.75) is 49.5 Å². The van der Waals surface area contributed by atoms with E-state index in [-0.39, 0.29) is 22.8 Å². The zero-order valence-corrected chi connectivity index (χ0v) is 17.9. The smallest absolute Gasteiger partial charge is 0.241 e. The summed E-state index contributed by atoms with van der Waals surface area (Å²) in [5, 5.41) is 0. The average Bonchev–Trinajstić information content (AvgIpc) is 3.51. The third-order valence-electron chi connectivity index (χ3n) is 6.41. The Balaban J connectivity index is 1.39. The van der Waals surface area contributed by atoms with E-state index in [1.807, 2.05) is 23.1 Å². The molecule has 1 saturated carbocycles. The second-order valence-electron chi connectivity index (χ2n) is 8.44. The molecule has 5 rings (SSSR count). The van der Waals surface area contributed by atoms with Crippen molar-refractivity contribution in [2.75, 3.05) is 18.6 Å². The van der Waals surface area contributed by atoms with Gasteiger partial charge >= 0.3 is 0 Å². The van der Waals surface area contributed by atoms with Crippen LogP contribution in [0.5, 0.6) is 5.75 Å². The Morgan fingerprint density at radius 1 is 1.07 bits per heavy atom. The van der Waals surface area contributed by atoms with Crippen LogP contribution in [0.25, 0.3) is 0 Å². The van der Waals surface area contributed by atoms with Gasteiger partial charge in [-0.05, 0) is 85.5 Å². The SMILES string of the molecule is COc1ccc2c(c1)CCC[C@@H]2NS(=O)(=O)c1ccc2c(c1)CCN2C(=O)C1CC1. The number of nitrogens with one attached hydrogen (secondary N) is 1. The van der Waals surface area contributed by atoms with Crippen molar-refractivity contribution in [1.82, 2.24) is 4.72 Å². The quantitative estimate of drug-likeness (QED) is 0.796. The number of hydrogen-bond donors (Lipinski definition) is 1. The Morgan fingerprint density at radius 3 is 2.67 bits per heavy atom. The van der Waals surface area contributed by atoms with Gasteiger partial charge in [-0.2, -0.15) is 0 Å². The Hall–Kier alpha value is -2.38. The van der Waals surface area contributed by atoms with Gasteiger partial charge in [0, 0.05) is 24.2 Å². The monoisotopic (exact) mass is 426 g/mol. The zero-order chi connectivity index (χ0) is 20.9. The molecule has 6 nitrogen and oxygen atoms in total. The molecule has 2 aromatic rings. The maximum absolute atomic E-state index is 13.2. The van der Waals surface area contributed by atoms with Gasteiger partial charge in [-0.1, -0.05) is 6.07 Å². The lowest BCUT2D eigenvalue weighted by Gasteiger charge is -2.26. The number of aryl methyl sites for hydroxylation is 1. The highest BCUT2D eigenvalue weighted by molar-refractivity contribution is 7.89. The molecule has 0 aromatic heterocycles. The van der Waals surface area contributed by atoms with Gasteiger partial charge in [0.1, 0.15) is 5.75 Å². The molecule has 0 bridgehead atoms. The maximum atomic E-state index is 13.2. The van der Waals surface area contributed by atoms with E-state index in [9.17, 15) is 13.2 Å². The number of benzene rings is 2. The topological polar surface area (TPSA) is 75.7 Å². The van der Waals surface area contributed by atoms with Crippen molar-refractivity contribution < 1.29 is 17.9 Å². The van der Waals surface area contributed by atoms with Gasteiger partial charge in [0.2, 0.25) is 15.9 Å². The summed E-state index contributed by atoms with van der Waals surface area (Å²) in [4.78, 5) is 14.6. The van der Waals surface area contributed by atoms with Gasteiger partial charge in [0.05, 0.1) is 12.0 Å². The highest BCUT2D eigenvalue weighted by atomic mass is 32.2. The minimum Gasteiger partial charge on any atom is -0.497 e. The Bertz CT molecular complexity index is 1110. The molecule has 7 heteroatoms. The normalized spacial score (nSPS) is 20.6. The molecule has 1 atom stereocenters. The van der Waals surface area contributed by atoms with Crippen LogP contribution in [0, 0.1) is 5.92 Å². The summed E-state index contributed by atoms with van der Waals surface area (Å²) in [6.45, 7) is 0.638. The minimum absolute atomic E-state index is 0.158. The second-order valence-corrected chi connectivity index (χ2v) is 10.1. The minimum atomic E-state index is -3.67. The first-order valence-electron chi connectivity index (χ1n) is 10.6. The predicted molar refractivity (Wildman–Crippen MR) is 114 cm³/mol. The molecule has 1 amide bonds.